The fourth-order valence-corrected chi connectivity index (χ4v) is 2.44. The topological polar surface area (TPSA) is 40.9 Å². The molecule has 0 atom stereocenters. The Kier molecular flexibility index (Phi) is 4.32. The zero-order chi connectivity index (χ0) is 14.5. The molecule has 2 nitrogen and oxygen atoms in total. The summed E-state index contributed by atoms with van der Waals surface area (Å²) in [6.07, 6.45) is 1.15. The lowest BCUT2D eigenvalue weighted by Gasteiger charge is -2.09. The van der Waals surface area contributed by atoms with Crippen LogP contribution < -0.4 is 0 Å². The third kappa shape index (κ3) is 2.95. The average Bonchev–Trinajstić information content (AvgIpc) is 2.46. The molecule has 0 unspecified atom stereocenters. The monoisotopic (exact) mass is 263 g/mol. The molecule has 0 aliphatic heterocycles. The zero-order valence-corrected chi connectivity index (χ0v) is 11.8. The fraction of sp³-hybridized carbons (Fsp3) is 0.222. The van der Waals surface area contributed by atoms with Crippen molar-refractivity contribution >= 4 is 5.78 Å². The van der Waals surface area contributed by atoms with Gasteiger partial charge in [-0.2, -0.15) is 5.26 Å². The van der Waals surface area contributed by atoms with Crippen molar-refractivity contribution in [3.8, 4) is 6.07 Å². The molecule has 0 radical (unpaired) electrons. The lowest BCUT2D eigenvalue weighted by molar-refractivity contribution is 0.0982. The maximum atomic E-state index is 12.3. The van der Waals surface area contributed by atoms with Gasteiger partial charge < -0.3 is 0 Å². The van der Waals surface area contributed by atoms with Crippen molar-refractivity contribution in [2.45, 2.75) is 26.7 Å². The molecule has 2 heteroatoms. The van der Waals surface area contributed by atoms with Crippen LogP contribution in [0.4, 0.5) is 0 Å². The number of ketones is 1. The standard InChI is InChI=1S/C18H17NO/c1-13-6-5-7-14(2)16(13)10-11-18(20)17-9-4-3-8-15(17)12-19/h3-9H,10-11H2,1-2H3. The van der Waals surface area contributed by atoms with Gasteiger partial charge in [-0.1, -0.05) is 36.4 Å². The molecule has 0 aromatic heterocycles. The molecule has 0 amide bonds. The summed E-state index contributed by atoms with van der Waals surface area (Å²) in [5.74, 6) is 0.0322. The molecule has 0 fully saturated rings. The summed E-state index contributed by atoms with van der Waals surface area (Å²) >= 11 is 0. The number of hydrogen-bond acceptors (Lipinski definition) is 2. The summed E-state index contributed by atoms with van der Waals surface area (Å²) in [7, 11) is 0. The van der Waals surface area contributed by atoms with E-state index in [1.54, 1.807) is 24.3 Å². The van der Waals surface area contributed by atoms with E-state index < -0.39 is 0 Å². The SMILES string of the molecule is Cc1cccc(C)c1CCC(=O)c1ccccc1C#N. The predicted octanol–water partition coefficient (Wildman–Crippen LogP) is 3.99. The van der Waals surface area contributed by atoms with Gasteiger partial charge in [-0.05, 0) is 43.0 Å². The number of benzene rings is 2. The number of carbonyl (C=O) groups is 1. The van der Waals surface area contributed by atoms with Crippen molar-refractivity contribution in [2.75, 3.05) is 0 Å². The fourth-order valence-electron chi connectivity index (χ4n) is 2.44. The molecule has 2 rings (SSSR count). The van der Waals surface area contributed by atoms with Crippen molar-refractivity contribution in [1.29, 1.82) is 5.26 Å². The van der Waals surface area contributed by atoms with Crippen LogP contribution in [-0.2, 0) is 6.42 Å². The second-order valence-electron chi connectivity index (χ2n) is 4.95. The Hall–Kier alpha value is -2.40. The first kappa shape index (κ1) is 14.0. The molecule has 0 bridgehead atoms. The van der Waals surface area contributed by atoms with Gasteiger partial charge in [0.2, 0.25) is 0 Å². The van der Waals surface area contributed by atoms with Crippen LogP contribution in [0.1, 0.15) is 39.0 Å². The molecular weight excluding hydrogens is 246 g/mol. The number of aryl methyl sites for hydroxylation is 2. The van der Waals surface area contributed by atoms with Crippen LogP contribution >= 0.6 is 0 Å². The van der Waals surface area contributed by atoms with E-state index in [4.69, 9.17) is 5.26 Å². The summed E-state index contributed by atoms with van der Waals surface area (Å²) in [6.45, 7) is 4.13. The van der Waals surface area contributed by atoms with Crippen molar-refractivity contribution < 1.29 is 4.79 Å². The van der Waals surface area contributed by atoms with Gasteiger partial charge in [0.05, 0.1) is 11.6 Å². The Morgan fingerprint density at radius 3 is 2.35 bits per heavy atom. The molecule has 0 spiro atoms. The quantitative estimate of drug-likeness (QED) is 0.782. The van der Waals surface area contributed by atoms with E-state index in [0.29, 0.717) is 17.5 Å². The van der Waals surface area contributed by atoms with E-state index in [9.17, 15) is 4.79 Å². The van der Waals surface area contributed by atoms with Crippen LogP contribution in [-0.4, -0.2) is 5.78 Å². The highest BCUT2D eigenvalue weighted by atomic mass is 16.1. The minimum Gasteiger partial charge on any atom is -0.294 e. The van der Waals surface area contributed by atoms with E-state index in [2.05, 4.69) is 32.0 Å². The van der Waals surface area contributed by atoms with Crippen molar-refractivity contribution in [2.24, 2.45) is 0 Å². The molecule has 0 aliphatic carbocycles. The average molecular weight is 263 g/mol. The number of carbonyl (C=O) groups excluding carboxylic acids is 1. The second kappa shape index (κ2) is 6.16. The van der Waals surface area contributed by atoms with Gasteiger partial charge in [0.15, 0.2) is 5.78 Å². The molecule has 0 heterocycles. The summed E-state index contributed by atoms with van der Waals surface area (Å²) in [5, 5.41) is 9.04. The molecule has 0 saturated carbocycles. The first-order valence-corrected chi connectivity index (χ1v) is 6.71. The van der Waals surface area contributed by atoms with Crippen LogP contribution in [0, 0.1) is 25.2 Å². The minimum absolute atomic E-state index is 0.0322. The third-order valence-electron chi connectivity index (χ3n) is 3.59. The van der Waals surface area contributed by atoms with Gasteiger partial charge in [0.1, 0.15) is 0 Å². The molecule has 2 aromatic rings. The second-order valence-corrected chi connectivity index (χ2v) is 4.95. The molecule has 0 saturated heterocycles. The molecule has 0 N–H and O–H groups in total. The largest absolute Gasteiger partial charge is 0.294 e. The number of rotatable bonds is 4. The Morgan fingerprint density at radius 1 is 1.05 bits per heavy atom. The van der Waals surface area contributed by atoms with Gasteiger partial charge in [-0.25, -0.2) is 0 Å². The lowest BCUT2D eigenvalue weighted by Crippen LogP contribution is -2.05. The van der Waals surface area contributed by atoms with Crippen LogP contribution in [0.15, 0.2) is 42.5 Å². The predicted molar refractivity (Wildman–Crippen MR) is 79.7 cm³/mol. The number of nitrogens with zero attached hydrogens (tertiary/aromatic N) is 1. The van der Waals surface area contributed by atoms with Crippen LogP contribution in [0.5, 0.6) is 0 Å². The van der Waals surface area contributed by atoms with Gasteiger partial charge in [0, 0.05) is 12.0 Å². The normalized spacial score (nSPS) is 10.1. The van der Waals surface area contributed by atoms with Gasteiger partial charge in [0.25, 0.3) is 0 Å². The minimum atomic E-state index is 0.0322. The smallest absolute Gasteiger partial charge is 0.164 e. The summed E-state index contributed by atoms with van der Waals surface area (Å²) < 4.78 is 0. The van der Waals surface area contributed by atoms with Gasteiger partial charge >= 0.3 is 0 Å². The molecule has 20 heavy (non-hydrogen) atoms. The zero-order valence-electron chi connectivity index (χ0n) is 11.8. The number of Topliss-reactive ketones (excluding diaryl/α,β-unsaturated/α-hetero) is 1. The molecule has 100 valence electrons. The van der Waals surface area contributed by atoms with Crippen molar-refractivity contribution in [1.82, 2.24) is 0 Å². The van der Waals surface area contributed by atoms with Crippen LogP contribution in [0.25, 0.3) is 0 Å². The summed E-state index contributed by atoms with van der Waals surface area (Å²) in [5.41, 5.74) is 4.65. The van der Waals surface area contributed by atoms with Gasteiger partial charge in [-0.15, -0.1) is 0 Å². The molecular formula is C18H17NO. The van der Waals surface area contributed by atoms with E-state index in [1.807, 2.05) is 6.07 Å². The Balaban J connectivity index is 2.16. The number of hydrogen-bond donors (Lipinski definition) is 0. The number of nitriles is 1. The van der Waals surface area contributed by atoms with E-state index >= 15 is 0 Å². The maximum Gasteiger partial charge on any atom is 0.164 e. The van der Waals surface area contributed by atoms with Crippen LogP contribution in [0.3, 0.4) is 0 Å². The van der Waals surface area contributed by atoms with Crippen molar-refractivity contribution in [3.63, 3.8) is 0 Å². The Morgan fingerprint density at radius 2 is 1.70 bits per heavy atom. The third-order valence-corrected chi connectivity index (χ3v) is 3.59. The first-order chi connectivity index (χ1) is 9.63. The first-order valence-electron chi connectivity index (χ1n) is 6.71. The van der Waals surface area contributed by atoms with E-state index in [0.717, 1.165) is 6.42 Å². The van der Waals surface area contributed by atoms with Gasteiger partial charge in [-0.3, -0.25) is 4.79 Å². The lowest BCUT2D eigenvalue weighted by atomic mass is 9.95. The highest BCUT2D eigenvalue weighted by Gasteiger charge is 2.12. The summed E-state index contributed by atoms with van der Waals surface area (Å²) in [6, 6.07) is 15.2. The van der Waals surface area contributed by atoms with Crippen LogP contribution in [0.2, 0.25) is 0 Å². The maximum absolute atomic E-state index is 12.3. The molecule has 0 aliphatic rings. The highest BCUT2D eigenvalue weighted by molar-refractivity contribution is 5.98. The molecule has 2 aromatic carbocycles. The van der Waals surface area contributed by atoms with E-state index in [1.165, 1.54) is 16.7 Å². The highest BCUT2D eigenvalue weighted by Crippen LogP contribution is 2.17. The van der Waals surface area contributed by atoms with Crippen molar-refractivity contribution in [3.05, 3.63) is 70.3 Å². The Bertz CT molecular complexity index is 660. The summed E-state index contributed by atoms with van der Waals surface area (Å²) in [4.78, 5) is 12.3. The Labute approximate surface area is 119 Å². The van der Waals surface area contributed by atoms with E-state index in [-0.39, 0.29) is 5.78 Å².